The zero-order valence-corrected chi connectivity index (χ0v) is 20.9. The fourth-order valence-electron chi connectivity index (χ4n) is 4.47. The van der Waals surface area contributed by atoms with E-state index < -0.39 is 10.0 Å². The van der Waals surface area contributed by atoms with Crippen molar-refractivity contribution in [3.05, 3.63) is 62.6 Å². The van der Waals surface area contributed by atoms with E-state index in [2.05, 4.69) is 4.90 Å². The number of ether oxygens (including phenoxy) is 2. The average Bonchev–Trinajstić information content (AvgIpc) is 3.02. The quantitative estimate of drug-likeness (QED) is 0.518. The van der Waals surface area contributed by atoms with Crippen LogP contribution in [0.5, 0.6) is 0 Å². The SMILES string of the molecule is CN1Cc2c(Cl)cc(Cl)cc2C(c2ccc3c(c2)S(=O)(=O)N(CCOCCOCCN)C3)C1. The first-order valence-corrected chi connectivity index (χ1v) is 13.2. The first kappa shape index (κ1) is 24.9. The third-order valence-electron chi connectivity index (χ3n) is 6.07. The molecule has 2 heterocycles. The molecule has 0 amide bonds. The van der Waals surface area contributed by atoms with Gasteiger partial charge in [0, 0.05) is 48.7 Å². The Labute approximate surface area is 205 Å². The van der Waals surface area contributed by atoms with Crippen molar-refractivity contribution in [2.24, 2.45) is 5.73 Å². The summed E-state index contributed by atoms with van der Waals surface area (Å²) < 4.78 is 38.7. The summed E-state index contributed by atoms with van der Waals surface area (Å²) in [4.78, 5) is 2.56. The van der Waals surface area contributed by atoms with E-state index in [1.54, 1.807) is 6.07 Å². The molecule has 1 unspecified atom stereocenters. The lowest BCUT2D eigenvalue weighted by molar-refractivity contribution is 0.0472. The lowest BCUT2D eigenvalue weighted by Crippen LogP contribution is -2.31. The Morgan fingerprint density at radius 2 is 1.82 bits per heavy atom. The molecule has 0 spiro atoms. The summed E-state index contributed by atoms with van der Waals surface area (Å²) in [5.74, 6) is -0.0126. The third kappa shape index (κ3) is 5.39. The number of likely N-dealkylation sites (N-methyl/N-ethyl adjacent to an activating group) is 1. The lowest BCUT2D eigenvalue weighted by Gasteiger charge is -2.33. The van der Waals surface area contributed by atoms with E-state index in [1.807, 2.05) is 31.3 Å². The van der Waals surface area contributed by atoms with Crippen molar-refractivity contribution >= 4 is 33.2 Å². The fraction of sp³-hybridized carbons (Fsp3) is 0.478. The Morgan fingerprint density at radius 3 is 2.58 bits per heavy atom. The number of nitrogens with two attached hydrogens (primary N) is 1. The molecule has 0 aliphatic carbocycles. The molecule has 2 N–H and O–H groups in total. The van der Waals surface area contributed by atoms with Crippen molar-refractivity contribution in [2.45, 2.75) is 23.9 Å². The van der Waals surface area contributed by atoms with E-state index >= 15 is 0 Å². The van der Waals surface area contributed by atoms with Crippen LogP contribution in [0.1, 0.15) is 28.2 Å². The molecule has 4 rings (SSSR count). The van der Waals surface area contributed by atoms with Crippen molar-refractivity contribution in [1.82, 2.24) is 9.21 Å². The van der Waals surface area contributed by atoms with E-state index in [0.717, 1.165) is 35.3 Å². The number of sulfonamides is 1. The van der Waals surface area contributed by atoms with Crippen molar-refractivity contribution in [3.63, 3.8) is 0 Å². The first-order valence-electron chi connectivity index (χ1n) is 11.0. The molecule has 0 aromatic heterocycles. The Morgan fingerprint density at radius 1 is 1.06 bits per heavy atom. The molecular formula is C23H29Cl2N3O4S. The zero-order valence-electron chi connectivity index (χ0n) is 18.6. The smallest absolute Gasteiger partial charge is 0.243 e. The third-order valence-corrected chi connectivity index (χ3v) is 8.55. The second-order valence-electron chi connectivity index (χ2n) is 8.42. The molecule has 2 aliphatic rings. The number of hydrogen-bond acceptors (Lipinski definition) is 6. The fourth-order valence-corrected chi connectivity index (χ4v) is 6.69. The summed E-state index contributed by atoms with van der Waals surface area (Å²) in [5.41, 5.74) is 9.22. The van der Waals surface area contributed by atoms with Crippen LogP contribution in [0, 0.1) is 0 Å². The number of rotatable bonds is 9. The van der Waals surface area contributed by atoms with E-state index in [9.17, 15) is 8.42 Å². The Kier molecular flexibility index (Phi) is 7.98. The predicted molar refractivity (Wildman–Crippen MR) is 129 cm³/mol. The van der Waals surface area contributed by atoms with E-state index in [4.69, 9.17) is 38.4 Å². The number of fused-ring (bicyclic) bond motifs is 2. The van der Waals surface area contributed by atoms with Gasteiger partial charge in [-0.15, -0.1) is 0 Å². The molecule has 0 saturated heterocycles. The molecule has 0 bridgehead atoms. The summed E-state index contributed by atoms with van der Waals surface area (Å²) >= 11 is 12.8. The molecule has 1 atom stereocenters. The van der Waals surface area contributed by atoms with E-state index in [1.165, 1.54) is 4.31 Å². The minimum absolute atomic E-state index is 0.0126. The normalized spacial score (nSPS) is 20.1. The minimum Gasteiger partial charge on any atom is -0.378 e. The summed E-state index contributed by atoms with van der Waals surface area (Å²) in [5, 5.41) is 1.23. The highest BCUT2D eigenvalue weighted by Crippen LogP contribution is 2.40. The highest BCUT2D eigenvalue weighted by molar-refractivity contribution is 7.89. The standard InChI is InChI=1S/C23H29Cl2N3O4S/c1-27-14-20(19-11-18(24)12-22(25)21(19)15-27)16-2-3-17-13-28(33(29,30)23(17)10-16)5-7-32-9-8-31-6-4-26/h2-3,10-12,20H,4-9,13-15,26H2,1H3. The van der Waals surface area contributed by atoms with Crippen molar-refractivity contribution < 1.29 is 17.9 Å². The van der Waals surface area contributed by atoms with Crippen molar-refractivity contribution in [1.29, 1.82) is 0 Å². The van der Waals surface area contributed by atoms with Gasteiger partial charge in [0.15, 0.2) is 0 Å². The minimum atomic E-state index is -3.58. The molecule has 180 valence electrons. The Balaban J connectivity index is 1.51. The predicted octanol–water partition coefficient (Wildman–Crippen LogP) is 3.07. The van der Waals surface area contributed by atoms with Crippen LogP contribution < -0.4 is 5.73 Å². The zero-order chi connectivity index (χ0) is 23.6. The van der Waals surface area contributed by atoms with Gasteiger partial charge in [0.1, 0.15) is 0 Å². The van der Waals surface area contributed by atoms with Crippen LogP contribution in [-0.4, -0.2) is 70.7 Å². The molecule has 0 radical (unpaired) electrons. The summed E-state index contributed by atoms with van der Waals surface area (Å²) in [6.07, 6.45) is 0. The van der Waals surface area contributed by atoms with Crippen molar-refractivity contribution in [3.8, 4) is 0 Å². The van der Waals surface area contributed by atoms with Crippen LogP contribution >= 0.6 is 23.2 Å². The van der Waals surface area contributed by atoms with Gasteiger partial charge in [-0.05, 0) is 47.5 Å². The number of halogens is 2. The molecule has 0 saturated carbocycles. The average molecular weight is 514 g/mol. The maximum atomic E-state index is 13.2. The summed E-state index contributed by atoms with van der Waals surface area (Å²) in [7, 11) is -1.54. The van der Waals surface area contributed by atoms with Gasteiger partial charge in [0.05, 0.1) is 31.3 Å². The molecule has 2 aromatic rings. The topological polar surface area (TPSA) is 85.1 Å². The van der Waals surface area contributed by atoms with Crippen LogP contribution in [0.4, 0.5) is 0 Å². The van der Waals surface area contributed by atoms with Crippen molar-refractivity contribution in [2.75, 3.05) is 53.1 Å². The largest absolute Gasteiger partial charge is 0.378 e. The van der Waals surface area contributed by atoms with E-state index in [-0.39, 0.29) is 5.92 Å². The molecular weight excluding hydrogens is 485 g/mol. The number of benzene rings is 2. The van der Waals surface area contributed by atoms with Gasteiger partial charge in [-0.1, -0.05) is 35.3 Å². The van der Waals surface area contributed by atoms with Gasteiger partial charge >= 0.3 is 0 Å². The monoisotopic (exact) mass is 513 g/mol. The van der Waals surface area contributed by atoms with Crippen LogP contribution in [0.3, 0.4) is 0 Å². The second-order valence-corrected chi connectivity index (χ2v) is 11.2. The van der Waals surface area contributed by atoms with Gasteiger partial charge < -0.3 is 20.1 Å². The molecule has 10 heteroatoms. The van der Waals surface area contributed by atoms with Crippen LogP contribution in [-0.2, 0) is 32.6 Å². The number of nitrogens with zero attached hydrogens (tertiary/aromatic N) is 2. The first-order chi connectivity index (χ1) is 15.8. The molecule has 33 heavy (non-hydrogen) atoms. The van der Waals surface area contributed by atoms with Gasteiger partial charge in [-0.2, -0.15) is 4.31 Å². The van der Waals surface area contributed by atoms with Crippen LogP contribution in [0.2, 0.25) is 10.0 Å². The van der Waals surface area contributed by atoms with Gasteiger partial charge in [-0.3, -0.25) is 0 Å². The molecule has 2 aliphatic heterocycles. The molecule has 7 nitrogen and oxygen atoms in total. The van der Waals surface area contributed by atoms with Crippen LogP contribution in [0.25, 0.3) is 0 Å². The lowest BCUT2D eigenvalue weighted by atomic mass is 9.84. The highest BCUT2D eigenvalue weighted by Gasteiger charge is 2.36. The Bertz CT molecular complexity index is 1110. The second kappa shape index (κ2) is 10.6. The maximum Gasteiger partial charge on any atom is 0.243 e. The maximum absolute atomic E-state index is 13.2. The summed E-state index contributed by atoms with van der Waals surface area (Å²) in [6, 6.07) is 9.46. The Hall–Kier alpha value is -1.23. The highest BCUT2D eigenvalue weighted by atomic mass is 35.5. The van der Waals surface area contributed by atoms with Gasteiger partial charge in [-0.25, -0.2) is 8.42 Å². The van der Waals surface area contributed by atoms with Gasteiger partial charge in [0.2, 0.25) is 10.0 Å². The van der Waals surface area contributed by atoms with E-state index in [0.29, 0.717) is 61.0 Å². The van der Waals surface area contributed by atoms with Crippen LogP contribution in [0.15, 0.2) is 35.2 Å². The number of hydrogen-bond donors (Lipinski definition) is 1. The summed E-state index contributed by atoms with van der Waals surface area (Å²) in [6.45, 7) is 4.25. The molecule has 0 fully saturated rings. The molecule has 2 aromatic carbocycles. The van der Waals surface area contributed by atoms with Gasteiger partial charge in [0.25, 0.3) is 0 Å².